The summed E-state index contributed by atoms with van der Waals surface area (Å²) in [7, 11) is 1.38. The van der Waals surface area contributed by atoms with Crippen LogP contribution in [-0.2, 0) is 12.7 Å². The van der Waals surface area contributed by atoms with Gasteiger partial charge in [0, 0.05) is 37.5 Å². The van der Waals surface area contributed by atoms with E-state index in [1.54, 1.807) is 6.07 Å². The van der Waals surface area contributed by atoms with E-state index in [0.717, 1.165) is 22.5 Å². The molecular formula is C26H26F4N6O2. The zero-order valence-corrected chi connectivity index (χ0v) is 20.9. The number of allylic oxidation sites excluding steroid dienone is 3. The Morgan fingerprint density at radius 3 is 2.55 bits per heavy atom. The largest absolute Gasteiger partial charge is 0.480 e. The molecular weight excluding hydrogens is 504 g/mol. The molecule has 4 heterocycles. The topological polar surface area (TPSA) is 86.0 Å². The minimum Gasteiger partial charge on any atom is -0.480 e. The second-order valence-electron chi connectivity index (χ2n) is 9.40. The fourth-order valence-corrected chi connectivity index (χ4v) is 5.22. The quantitative estimate of drug-likeness (QED) is 0.440. The van der Waals surface area contributed by atoms with E-state index in [9.17, 15) is 22.4 Å². The Labute approximate surface area is 215 Å². The number of fused-ring (bicyclic) bond motifs is 1. The van der Waals surface area contributed by atoms with E-state index >= 15 is 0 Å². The minimum atomic E-state index is -4.74. The van der Waals surface area contributed by atoms with Crippen molar-refractivity contribution in [3.63, 3.8) is 0 Å². The summed E-state index contributed by atoms with van der Waals surface area (Å²) >= 11 is 0. The van der Waals surface area contributed by atoms with Crippen molar-refractivity contribution in [3.8, 4) is 5.88 Å². The van der Waals surface area contributed by atoms with Crippen molar-refractivity contribution in [2.24, 2.45) is 0 Å². The van der Waals surface area contributed by atoms with E-state index in [1.165, 1.54) is 13.3 Å². The lowest BCUT2D eigenvalue weighted by molar-refractivity contribution is -0.142. The van der Waals surface area contributed by atoms with Gasteiger partial charge >= 0.3 is 6.18 Å². The Bertz CT molecular complexity index is 1490. The first-order valence-corrected chi connectivity index (χ1v) is 12.3. The molecule has 1 fully saturated rings. The summed E-state index contributed by atoms with van der Waals surface area (Å²) in [6.45, 7) is 2.50. The summed E-state index contributed by atoms with van der Waals surface area (Å²) in [5.41, 5.74) is 0.364. The zero-order chi connectivity index (χ0) is 27.0. The van der Waals surface area contributed by atoms with Crippen LogP contribution in [0.1, 0.15) is 55.5 Å². The molecule has 0 bridgehead atoms. The average Bonchev–Trinajstić information content (AvgIpc) is 2.90. The lowest BCUT2D eigenvalue weighted by Gasteiger charge is -2.36. The van der Waals surface area contributed by atoms with Crippen LogP contribution in [0.15, 0.2) is 52.6 Å². The number of nitrogens with zero attached hydrogens (tertiary/aromatic N) is 6. The second-order valence-corrected chi connectivity index (χ2v) is 9.40. The number of rotatable bonds is 5. The number of alkyl halides is 3. The lowest BCUT2D eigenvalue weighted by atomic mass is 9.88. The van der Waals surface area contributed by atoms with Crippen LogP contribution >= 0.6 is 0 Å². The number of piperidine rings is 1. The zero-order valence-electron chi connectivity index (χ0n) is 20.9. The lowest BCUT2D eigenvalue weighted by Crippen LogP contribution is -2.36. The third-order valence-corrected chi connectivity index (χ3v) is 7.05. The van der Waals surface area contributed by atoms with Gasteiger partial charge in [0.05, 0.1) is 31.2 Å². The third kappa shape index (κ3) is 4.86. The maximum absolute atomic E-state index is 14.6. The minimum absolute atomic E-state index is 0.0875. The maximum Gasteiger partial charge on any atom is 0.435 e. The monoisotopic (exact) mass is 530 g/mol. The summed E-state index contributed by atoms with van der Waals surface area (Å²) in [5.74, 6) is -0.183. The van der Waals surface area contributed by atoms with Gasteiger partial charge in [-0.2, -0.15) is 18.2 Å². The van der Waals surface area contributed by atoms with E-state index < -0.39 is 29.7 Å². The van der Waals surface area contributed by atoms with Crippen LogP contribution in [0.3, 0.4) is 0 Å². The van der Waals surface area contributed by atoms with Gasteiger partial charge in [0.25, 0.3) is 5.56 Å². The van der Waals surface area contributed by atoms with Crippen LogP contribution in [0.4, 0.5) is 17.6 Å². The Balaban J connectivity index is 1.53. The van der Waals surface area contributed by atoms with E-state index in [2.05, 4.69) is 19.9 Å². The molecule has 0 aromatic carbocycles. The number of likely N-dealkylation sites (tertiary alicyclic amines) is 1. The average molecular weight is 531 g/mol. The molecule has 1 aliphatic carbocycles. The van der Waals surface area contributed by atoms with Gasteiger partial charge in [0.1, 0.15) is 11.3 Å². The Morgan fingerprint density at radius 1 is 1.13 bits per heavy atom. The van der Waals surface area contributed by atoms with Crippen molar-refractivity contribution in [1.29, 1.82) is 0 Å². The highest BCUT2D eigenvalue weighted by Gasteiger charge is 2.36. The van der Waals surface area contributed by atoms with Gasteiger partial charge in [-0.15, -0.1) is 0 Å². The van der Waals surface area contributed by atoms with Gasteiger partial charge < -0.3 is 9.64 Å². The number of pyridine rings is 1. The van der Waals surface area contributed by atoms with E-state index in [0.29, 0.717) is 55.5 Å². The molecule has 1 saturated heterocycles. The van der Waals surface area contributed by atoms with Gasteiger partial charge in [-0.25, -0.2) is 14.4 Å². The first-order valence-electron chi connectivity index (χ1n) is 12.3. The van der Waals surface area contributed by atoms with Crippen molar-refractivity contribution in [2.75, 3.05) is 20.2 Å². The van der Waals surface area contributed by atoms with Crippen LogP contribution < -0.4 is 10.3 Å². The maximum atomic E-state index is 14.6. The van der Waals surface area contributed by atoms with Crippen molar-refractivity contribution >= 4 is 11.2 Å². The molecule has 0 atom stereocenters. The van der Waals surface area contributed by atoms with E-state index in [-0.39, 0.29) is 23.3 Å². The molecule has 3 aromatic heterocycles. The van der Waals surface area contributed by atoms with Crippen molar-refractivity contribution < 1.29 is 22.3 Å². The fraction of sp³-hybridized carbons (Fsp3) is 0.423. The van der Waals surface area contributed by atoms with Gasteiger partial charge in [-0.1, -0.05) is 6.08 Å². The molecule has 1 aliphatic heterocycles. The number of hydrogen-bond donors (Lipinski definition) is 0. The first-order chi connectivity index (χ1) is 18.2. The molecule has 2 aliphatic rings. The van der Waals surface area contributed by atoms with E-state index in [1.807, 2.05) is 17.9 Å². The van der Waals surface area contributed by atoms with Crippen LogP contribution in [-0.4, -0.2) is 49.6 Å². The second kappa shape index (κ2) is 10.1. The molecule has 0 N–H and O–H groups in total. The van der Waals surface area contributed by atoms with Gasteiger partial charge in [-0.3, -0.25) is 14.3 Å². The highest BCUT2D eigenvalue weighted by atomic mass is 19.4. The molecule has 0 amide bonds. The van der Waals surface area contributed by atoms with Gasteiger partial charge in [0.2, 0.25) is 5.88 Å². The van der Waals surface area contributed by atoms with Crippen LogP contribution in [0.2, 0.25) is 0 Å². The molecule has 0 saturated carbocycles. The highest BCUT2D eigenvalue weighted by Crippen LogP contribution is 2.35. The molecule has 38 heavy (non-hydrogen) atoms. The summed E-state index contributed by atoms with van der Waals surface area (Å²) in [6.07, 6.45) is 3.00. The normalized spacial score (nSPS) is 17.2. The molecule has 0 unspecified atom stereocenters. The SMILES string of the molecule is COc1cnc2cc(C3CCN(C4=C(F)CCC=C4C)CC3)c(=O)n(Cc3nccnc3C(F)(F)F)c2n1. The number of ether oxygens (including phenoxy) is 1. The van der Waals surface area contributed by atoms with Crippen molar-refractivity contribution in [3.05, 3.63) is 75.1 Å². The molecule has 0 spiro atoms. The number of hydrogen-bond acceptors (Lipinski definition) is 7. The van der Waals surface area contributed by atoms with Crippen molar-refractivity contribution in [2.45, 2.75) is 51.2 Å². The third-order valence-electron chi connectivity index (χ3n) is 7.05. The molecule has 5 rings (SSSR count). The molecule has 12 heteroatoms. The molecule has 0 radical (unpaired) electrons. The summed E-state index contributed by atoms with van der Waals surface area (Å²) < 4.78 is 61.8. The Hall–Kier alpha value is -3.83. The summed E-state index contributed by atoms with van der Waals surface area (Å²) in [6, 6.07) is 1.65. The number of halogens is 4. The fourth-order valence-electron chi connectivity index (χ4n) is 5.22. The van der Waals surface area contributed by atoms with Crippen molar-refractivity contribution in [1.82, 2.24) is 29.4 Å². The molecule has 8 nitrogen and oxygen atoms in total. The standard InChI is InChI=1S/C26H26F4N6O2/c1-15-4-3-5-18(27)22(15)35-10-6-16(7-11-35)17-12-19-24(34-21(38-2)13-33-19)36(25(17)37)14-20-23(26(28,29)30)32-9-8-31-20/h4,8-9,12-13,16H,3,5-7,10-11,14H2,1-2H3. The summed E-state index contributed by atoms with van der Waals surface area (Å²) in [4.78, 5) is 31.8. The predicted octanol–water partition coefficient (Wildman–Crippen LogP) is 4.76. The van der Waals surface area contributed by atoms with Gasteiger partial charge in [0.15, 0.2) is 11.3 Å². The first kappa shape index (κ1) is 25.8. The number of methoxy groups -OCH3 is 1. The van der Waals surface area contributed by atoms with Gasteiger partial charge in [-0.05, 0) is 43.7 Å². The van der Waals surface area contributed by atoms with Crippen LogP contribution in [0.5, 0.6) is 5.88 Å². The smallest absolute Gasteiger partial charge is 0.435 e. The Kier molecular flexibility index (Phi) is 6.89. The van der Waals surface area contributed by atoms with Crippen LogP contribution in [0.25, 0.3) is 11.2 Å². The van der Waals surface area contributed by atoms with Crippen LogP contribution in [0, 0.1) is 0 Å². The molecule has 200 valence electrons. The predicted molar refractivity (Wildman–Crippen MR) is 131 cm³/mol. The number of aromatic nitrogens is 5. The highest BCUT2D eigenvalue weighted by molar-refractivity contribution is 5.71. The van der Waals surface area contributed by atoms with E-state index in [4.69, 9.17) is 4.74 Å². The summed E-state index contributed by atoms with van der Waals surface area (Å²) in [5, 5.41) is 0. The molecule has 3 aromatic rings. The Morgan fingerprint density at radius 2 is 1.87 bits per heavy atom.